The summed E-state index contributed by atoms with van der Waals surface area (Å²) in [5, 5.41) is 4.30. The van der Waals surface area contributed by atoms with E-state index in [9.17, 15) is 0 Å². The maximum Gasteiger partial charge on any atom is 0.119 e. The summed E-state index contributed by atoms with van der Waals surface area (Å²) in [6.07, 6.45) is 8.88. The first kappa shape index (κ1) is 20.9. The Balaban J connectivity index is 1.40. The van der Waals surface area contributed by atoms with Gasteiger partial charge in [-0.1, -0.05) is 19.1 Å². The van der Waals surface area contributed by atoms with Gasteiger partial charge in [0.15, 0.2) is 0 Å². The molecular formula is C23H36N4O. The zero-order valence-corrected chi connectivity index (χ0v) is 17.6. The van der Waals surface area contributed by atoms with Gasteiger partial charge in [0.05, 0.1) is 7.11 Å². The summed E-state index contributed by atoms with van der Waals surface area (Å²) in [7, 11) is 1.74. The molecule has 154 valence electrons. The van der Waals surface area contributed by atoms with Crippen molar-refractivity contribution in [2.45, 2.75) is 39.2 Å². The molecule has 1 aliphatic heterocycles. The second-order valence-electron chi connectivity index (χ2n) is 7.93. The molecule has 0 aliphatic carbocycles. The molecule has 5 nitrogen and oxygen atoms in total. The quantitative estimate of drug-likeness (QED) is 0.593. The number of hydrogen-bond acceptors (Lipinski definition) is 4. The summed E-state index contributed by atoms with van der Waals surface area (Å²) in [6, 6.07) is 10.5. The number of aromatic nitrogens is 2. The fourth-order valence-corrected chi connectivity index (χ4v) is 4.25. The van der Waals surface area contributed by atoms with Crippen molar-refractivity contribution in [3.05, 3.63) is 48.3 Å². The molecule has 1 fully saturated rings. The minimum absolute atomic E-state index is 0.795. The van der Waals surface area contributed by atoms with Gasteiger partial charge in [-0.2, -0.15) is 5.10 Å². The zero-order chi connectivity index (χ0) is 19.6. The molecule has 0 saturated carbocycles. The number of hydrogen-bond donors (Lipinski definition) is 0. The van der Waals surface area contributed by atoms with Gasteiger partial charge in [-0.3, -0.25) is 4.68 Å². The van der Waals surface area contributed by atoms with Crippen molar-refractivity contribution in [2.24, 2.45) is 5.92 Å². The van der Waals surface area contributed by atoms with Crippen LogP contribution in [0.5, 0.6) is 5.75 Å². The molecule has 0 bridgehead atoms. The van der Waals surface area contributed by atoms with Gasteiger partial charge in [-0.25, -0.2) is 0 Å². The van der Waals surface area contributed by atoms with E-state index in [4.69, 9.17) is 4.74 Å². The summed E-state index contributed by atoms with van der Waals surface area (Å²) in [5.41, 5.74) is 1.37. The van der Waals surface area contributed by atoms with Gasteiger partial charge in [-0.05, 0) is 75.0 Å². The molecule has 0 radical (unpaired) electrons. The molecule has 0 unspecified atom stereocenters. The van der Waals surface area contributed by atoms with E-state index >= 15 is 0 Å². The molecule has 28 heavy (non-hydrogen) atoms. The predicted molar refractivity (Wildman–Crippen MR) is 115 cm³/mol. The molecule has 0 N–H and O–H groups in total. The van der Waals surface area contributed by atoms with E-state index < -0.39 is 0 Å². The van der Waals surface area contributed by atoms with Crippen LogP contribution in [-0.2, 0) is 13.0 Å². The van der Waals surface area contributed by atoms with Crippen LogP contribution in [0.3, 0.4) is 0 Å². The summed E-state index contributed by atoms with van der Waals surface area (Å²) < 4.78 is 7.39. The summed E-state index contributed by atoms with van der Waals surface area (Å²) in [6.45, 7) is 10.5. The van der Waals surface area contributed by atoms with Crippen molar-refractivity contribution < 1.29 is 4.74 Å². The molecule has 1 aromatic carbocycles. The molecule has 0 spiro atoms. The lowest BCUT2D eigenvalue weighted by atomic mass is 9.96. The van der Waals surface area contributed by atoms with Crippen molar-refractivity contribution in [3.63, 3.8) is 0 Å². The first-order valence-electron chi connectivity index (χ1n) is 10.8. The fourth-order valence-electron chi connectivity index (χ4n) is 4.25. The number of methoxy groups -OCH3 is 1. The highest BCUT2D eigenvalue weighted by Crippen LogP contribution is 2.19. The average Bonchev–Trinajstić information content (AvgIpc) is 3.25. The van der Waals surface area contributed by atoms with E-state index in [1.54, 1.807) is 7.11 Å². The normalized spacial score (nSPS) is 17.9. The molecule has 1 saturated heterocycles. The van der Waals surface area contributed by atoms with Gasteiger partial charge in [0.25, 0.3) is 0 Å². The molecule has 1 atom stereocenters. The van der Waals surface area contributed by atoms with Crippen molar-refractivity contribution in [2.75, 3.05) is 46.4 Å². The highest BCUT2D eigenvalue weighted by atomic mass is 16.5. The van der Waals surface area contributed by atoms with E-state index in [0.717, 1.165) is 44.3 Å². The number of likely N-dealkylation sites (tertiary alicyclic amines) is 1. The van der Waals surface area contributed by atoms with Gasteiger partial charge in [0.1, 0.15) is 5.75 Å². The van der Waals surface area contributed by atoms with Gasteiger partial charge in [0.2, 0.25) is 0 Å². The second kappa shape index (κ2) is 11.2. The van der Waals surface area contributed by atoms with Crippen LogP contribution in [-0.4, -0.2) is 66.0 Å². The summed E-state index contributed by atoms with van der Waals surface area (Å²) >= 11 is 0. The van der Waals surface area contributed by atoms with Crippen LogP contribution in [0.4, 0.5) is 0 Å². The van der Waals surface area contributed by atoms with Crippen molar-refractivity contribution >= 4 is 0 Å². The Morgan fingerprint density at radius 3 is 2.96 bits per heavy atom. The number of aryl methyl sites for hydroxylation is 1. The van der Waals surface area contributed by atoms with Gasteiger partial charge >= 0.3 is 0 Å². The van der Waals surface area contributed by atoms with Gasteiger partial charge in [-0.15, -0.1) is 0 Å². The number of nitrogens with zero attached hydrogens (tertiary/aromatic N) is 4. The van der Waals surface area contributed by atoms with Crippen LogP contribution in [0.15, 0.2) is 42.7 Å². The molecule has 0 amide bonds. The van der Waals surface area contributed by atoms with Crippen molar-refractivity contribution in [1.29, 1.82) is 0 Å². The molecular weight excluding hydrogens is 348 g/mol. The van der Waals surface area contributed by atoms with E-state index in [2.05, 4.69) is 46.2 Å². The number of benzene rings is 1. The second-order valence-corrected chi connectivity index (χ2v) is 7.93. The largest absolute Gasteiger partial charge is 0.497 e. The number of piperidine rings is 1. The molecule has 2 aromatic rings. The van der Waals surface area contributed by atoms with E-state index in [1.165, 1.54) is 44.5 Å². The van der Waals surface area contributed by atoms with Crippen LogP contribution in [0.2, 0.25) is 0 Å². The average molecular weight is 385 g/mol. The molecule has 5 heteroatoms. The van der Waals surface area contributed by atoms with E-state index in [-0.39, 0.29) is 0 Å². The Morgan fingerprint density at radius 2 is 2.18 bits per heavy atom. The Kier molecular flexibility index (Phi) is 8.37. The third kappa shape index (κ3) is 6.64. The Hall–Kier alpha value is -1.85. The van der Waals surface area contributed by atoms with Crippen LogP contribution in [0.1, 0.15) is 31.7 Å². The minimum atomic E-state index is 0.795. The highest BCUT2D eigenvalue weighted by molar-refractivity contribution is 5.28. The smallest absolute Gasteiger partial charge is 0.119 e. The summed E-state index contributed by atoms with van der Waals surface area (Å²) in [4.78, 5) is 5.28. The predicted octanol–water partition coefficient (Wildman–Crippen LogP) is 3.56. The SMILES string of the molecule is CCN(CCCn1cccn1)C[C@H]1CCCN(CCc2cccc(OC)c2)C1. The maximum atomic E-state index is 5.35. The molecule has 1 aromatic heterocycles. The lowest BCUT2D eigenvalue weighted by molar-refractivity contribution is 0.134. The Labute approximate surface area is 170 Å². The molecule has 1 aliphatic rings. The van der Waals surface area contributed by atoms with Crippen LogP contribution in [0, 0.1) is 5.92 Å². The van der Waals surface area contributed by atoms with Crippen molar-refractivity contribution in [1.82, 2.24) is 19.6 Å². The number of ether oxygens (including phenoxy) is 1. The van der Waals surface area contributed by atoms with Gasteiger partial charge in [0, 0.05) is 38.6 Å². The molecule has 3 rings (SSSR count). The first-order valence-corrected chi connectivity index (χ1v) is 10.8. The minimum Gasteiger partial charge on any atom is -0.497 e. The lowest BCUT2D eigenvalue weighted by Crippen LogP contribution is -2.42. The van der Waals surface area contributed by atoms with Crippen LogP contribution in [0.25, 0.3) is 0 Å². The monoisotopic (exact) mass is 384 g/mol. The fraction of sp³-hybridized carbons (Fsp3) is 0.609. The Morgan fingerprint density at radius 1 is 1.25 bits per heavy atom. The van der Waals surface area contributed by atoms with Crippen molar-refractivity contribution in [3.8, 4) is 5.75 Å². The Bertz CT molecular complexity index is 673. The zero-order valence-electron chi connectivity index (χ0n) is 17.6. The summed E-state index contributed by atoms with van der Waals surface area (Å²) in [5.74, 6) is 1.76. The third-order valence-corrected chi connectivity index (χ3v) is 5.84. The van der Waals surface area contributed by atoms with Crippen LogP contribution < -0.4 is 4.74 Å². The van der Waals surface area contributed by atoms with E-state index in [0.29, 0.717) is 0 Å². The molecule has 2 heterocycles. The standard InChI is InChI=1S/C23H36N4O/c1-3-25(14-7-16-27-15-6-12-24-27)19-22-9-5-13-26(20-22)17-11-21-8-4-10-23(18-21)28-2/h4,6,8,10,12,15,18,22H,3,5,7,9,11,13-14,16-17,19-20H2,1-2H3/t22-/m1/s1. The topological polar surface area (TPSA) is 33.5 Å². The van der Waals surface area contributed by atoms with E-state index in [1.807, 2.05) is 23.0 Å². The maximum absolute atomic E-state index is 5.35. The van der Waals surface area contributed by atoms with Gasteiger partial charge < -0.3 is 14.5 Å². The highest BCUT2D eigenvalue weighted by Gasteiger charge is 2.21. The lowest BCUT2D eigenvalue weighted by Gasteiger charge is -2.35. The third-order valence-electron chi connectivity index (χ3n) is 5.84. The van der Waals surface area contributed by atoms with Crippen LogP contribution >= 0.6 is 0 Å². The first-order chi connectivity index (χ1) is 13.8. The number of rotatable bonds is 11.